The minimum absolute atomic E-state index is 0.0704. The first-order valence-electron chi connectivity index (χ1n) is 7.52. The van der Waals surface area contributed by atoms with Crippen molar-refractivity contribution < 1.29 is 14.5 Å². The molecule has 0 fully saturated rings. The molecule has 0 bridgehead atoms. The predicted octanol–water partition coefficient (Wildman–Crippen LogP) is 4.46. The molecule has 0 atom stereocenters. The Labute approximate surface area is 140 Å². The van der Waals surface area contributed by atoms with Gasteiger partial charge in [0.2, 0.25) is 5.75 Å². The number of rotatable bonds is 3. The minimum Gasteiger partial charge on any atom is -0.403 e. The fourth-order valence-electron chi connectivity index (χ4n) is 2.25. The zero-order chi connectivity index (χ0) is 17.9. The summed E-state index contributed by atoms with van der Waals surface area (Å²) in [7, 11) is 0. The largest absolute Gasteiger partial charge is 0.413 e. The molecule has 0 radical (unpaired) electrons. The first-order valence-corrected chi connectivity index (χ1v) is 7.52. The number of carbonyl (C=O) groups is 1. The molecule has 2 rings (SSSR count). The van der Waals surface area contributed by atoms with Crippen LogP contribution in [0.1, 0.15) is 26.3 Å². The summed E-state index contributed by atoms with van der Waals surface area (Å²) >= 11 is 0. The Bertz CT molecular complexity index is 765. The third-order valence-corrected chi connectivity index (χ3v) is 3.27. The van der Waals surface area contributed by atoms with Gasteiger partial charge in [-0.15, -0.1) is 0 Å². The van der Waals surface area contributed by atoms with Gasteiger partial charge in [0.15, 0.2) is 0 Å². The molecule has 6 nitrogen and oxygen atoms in total. The Morgan fingerprint density at radius 2 is 1.79 bits per heavy atom. The Morgan fingerprint density at radius 3 is 2.33 bits per heavy atom. The molecule has 0 saturated carbocycles. The van der Waals surface area contributed by atoms with Crippen LogP contribution in [0.2, 0.25) is 0 Å². The number of nitro benzene ring substituents is 1. The van der Waals surface area contributed by atoms with Crippen molar-refractivity contribution in [3.05, 3.63) is 58.1 Å². The lowest BCUT2D eigenvalue weighted by Gasteiger charge is -2.20. The third kappa shape index (κ3) is 4.32. The second-order valence-electron chi connectivity index (χ2n) is 6.52. The topological polar surface area (TPSA) is 81.5 Å². The molecule has 0 saturated heterocycles. The molecule has 2 aromatic carbocycles. The fraction of sp³-hybridized carbons (Fsp3) is 0.278. The van der Waals surface area contributed by atoms with Crippen LogP contribution in [0.25, 0.3) is 11.1 Å². The molecule has 2 aromatic rings. The monoisotopic (exact) mass is 328 g/mol. The Balaban J connectivity index is 2.41. The number of hydrogen-bond acceptors (Lipinski definition) is 4. The summed E-state index contributed by atoms with van der Waals surface area (Å²) in [6, 6.07) is 12.3. The van der Waals surface area contributed by atoms with E-state index in [-0.39, 0.29) is 11.4 Å². The maximum absolute atomic E-state index is 11.9. The number of amides is 1. The smallest absolute Gasteiger partial charge is 0.403 e. The molecule has 0 spiro atoms. The maximum atomic E-state index is 11.9. The first kappa shape index (κ1) is 17.5. The van der Waals surface area contributed by atoms with Crippen molar-refractivity contribution in [1.82, 2.24) is 5.32 Å². The van der Waals surface area contributed by atoms with Crippen LogP contribution in [0.5, 0.6) is 5.75 Å². The SMILES string of the molecule is Cc1cc(OC(=O)NC(C)(C)C)c([N+](=O)[O-])cc1-c1ccccc1. The van der Waals surface area contributed by atoms with Crippen molar-refractivity contribution in [2.24, 2.45) is 0 Å². The van der Waals surface area contributed by atoms with Gasteiger partial charge in [-0.2, -0.15) is 0 Å². The van der Waals surface area contributed by atoms with E-state index in [1.807, 2.05) is 37.3 Å². The summed E-state index contributed by atoms with van der Waals surface area (Å²) in [5, 5.41) is 14.0. The summed E-state index contributed by atoms with van der Waals surface area (Å²) in [6.07, 6.45) is -0.725. The van der Waals surface area contributed by atoms with E-state index in [0.717, 1.165) is 16.7 Å². The Morgan fingerprint density at radius 1 is 1.17 bits per heavy atom. The zero-order valence-electron chi connectivity index (χ0n) is 14.1. The van der Waals surface area contributed by atoms with Gasteiger partial charge in [0.05, 0.1) is 4.92 Å². The second kappa shape index (κ2) is 6.70. The van der Waals surface area contributed by atoms with Crippen LogP contribution in [0, 0.1) is 17.0 Å². The van der Waals surface area contributed by atoms with Crippen LogP contribution >= 0.6 is 0 Å². The number of nitrogens with one attached hydrogen (secondary N) is 1. The molecule has 0 aliphatic heterocycles. The Kier molecular flexibility index (Phi) is 4.87. The molecule has 0 unspecified atom stereocenters. The fourth-order valence-corrected chi connectivity index (χ4v) is 2.25. The van der Waals surface area contributed by atoms with Gasteiger partial charge in [-0.05, 0) is 50.5 Å². The summed E-state index contributed by atoms with van der Waals surface area (Å²) in [5.41, 5.74) is 1.63. The van der Waals surface area contributed by atoms with E-state index in [2.05, 4.69) is 5.32 Å². The molecule has 1 N–H and O–H groups in total. The highest BCUT2D eigenvalue weighted by atomic mass is 16.6. The summed E-state index contributed by atoms with van der Waals surface area (Å²) in [5.74, 6) is -0.0704. The third-order valence-electron chi connectivity index (χ3n) is 3.27. The van der Waals surface area contributed by atoms with Crippen LogP contribution in [0.4, 0.5) is 10.5 Å². The highest BCUT2D eigenvalue weighted by Crippen LogP contribution is 2.35. The van der Waals surface area contributed by atoms with Crippen molar-refractivity contribution in [1.29, 1.82) is 0 Å². The molecule has 0 heterocycles. The van der Waals surface area contributed by atoms with E-state index in [1.165, 1.54) is 12.1 Å². The van der Waals surface area contributed by atoms with Crippen molar-refractivity contribution in [2.45, 2.75) is 33.2 Å². The van der Waals surface area contributed by atoms with E-state index in [1.54, 1.807) is 20.8 Å². The molecule has 0 aliphatic rings. The average molecular weight is 328 g/mol. The molecular formula is C18H20N2O4. The lowest BCUT2D eigenvalue weighted by molar-refractivity contribution is -0.385. The average Bonchev–Trinajstić information content (AvgIpc) is 2.45. The highest BCUT2D eigenvalue weighted by molar-refractivity contribution is 5.76. The molecule has 6 heteroatoms. The zero-order valence-corrected chi connectivity index (χ0v) is 14.1. The van der Waals surface area contributed by atoms with E-state index in [0.29, 0.717) is 0 Å². The lowest BCUT2D eigenvalue weighted by atomic mass is 9.99. The number of ether oxygens (including phenoxy) is 1. The van der Waals surface area contributed by atoms with Gasteiger partial charge in [0.25, 0.3) is 0 Å². The normalized spacial score (nSPS) is 11.0. The standard InChI is InChI=1S/C18H20N2O4/c1-12-10-16(24-17(21)19-18(2,3)4)15(20(22)23)11-14(12)13-8-6-5-7-9-13/h5-11H,1-4H3,(H,19,21). The van der Waals surface area contributed by atoms with Gasteiger partial charge >= 0.3 is 11.8 Å². The van der Waals surface area contributed by atoms with Crippen molar-refractivity contribution in [3.8, 4) is 16.9 Å². The van der Waals surface area contributed by atoms with Crippen molar-refractivity contribution in [3.63, 3.8) is 0 Å². The predicted molar refractivity (Wildman–Crippen MR) is 92.2 cm³/mol. The quantitative estimate of drug-likeness (QED) is 0.666. The van der Waals surface area contributed by atoms with Crippen LogP contribution < -0.4 is 10.1 Å². The number of nitro groups is 1. The summed E-state index contributed by atoms with van der Waals surface area (Å²) < 4.78 is 5.16. The number of hydrogen-bond donors (Lipinski definition) is 1. The molecule has 1 amide bonds. The van der Waals surface area contributed by atoms with Gasteiger partial charge in [-0.1, -0.05) is 30.3 Å². The van der Waals surface area contributed by atoms with Crippen LogP contribution in [0.3, 0.4) is 0 Å². The molecule has 0 aliphatic carbocycles. The van der Waals surface area contributed by atoms with Crippen LogP contribution in [-0.2, 0) is 0 Å². The van der Waals surface area contributed by atoms with Gasteiger partial charge in [0.1, 0.15) is 0 Å². The number of nitrogens with zero attached hydrogens (tertiary/aromatic N) is 1. The number of carbonyl (C=O) groups excluding carboxylic acids is 1. The van der Waals surface area contributed by atoms with E-state index < -0.39 is 16.6 Å². The highest BCUT2D eigenvalue weighted by Gasteiger charge is 2.23. The van der Waals surface area contributed by atoms with Gasteiger partial charge in [-0.25, -0.2) is 4.79 Å². The molecule has 0 aromatic heterocycles. The van der Waals surface area contributed by atoms with E-state index in [4.69, 9.17) is 4.74 Å². The van der Waals surface area contributed by atoms with Gasteiger partial charge < -0.3 is 10.1 Å². The minimum atomic E-state index is -0.725. The Hall–Kier alpha value is -2.89. The number of benzene rings is 2. The molecule has 126 valence electrons. The number of aryl methyl sites for hydroxylation is 1. The molecule has 24 heavy (non-hydrogen) atoms. The van der Waals surface area contributed by atoms with E-state index >= 15 is 0 Å². The van der Waals surface area contributed by atoms with Gasteiger partial charge in [-0.3, -0.25) is 10.1 Å². The second-order valence-corrected chi connectivity index (χ2v) is 6.52. The van der Waals surface area contributed by atoms with Crippen molar-refractivity contribution >= 4 is 11.8 Å². The summed E-state index contributed by atoms with van der Waals surface area (Å²) in [4.78, 5) is 22.7. The first-order chi connectivity index (χ1) is 11.2. The van der Waals surface area contributed by atoms with E-state index in [9.17, 15) is 14.9 Å². The molecular weight excluding hydrogens is 308 g/mol. The lowest BCUT2D eigenvalue weighted by Crippen LogP contribution is -2.42. The van der Waals surface area contributed by atoms with Crippen molar-refractivity contribution in [2.75, 3.05) is 0 Å². The van der Waals surface area contributed by atoms with Crippen LogP contribution in [-0.4, -0.2) is 16.6 Å². The summed E-state index contributed by atoms with van der Waals surface area (Å²) in [6.45, 7) is 7.21. The van der Waals surface area contributed by atoms with Gasteiger partial charge in [0, 0.05) is 11.6 Å². The maximum Gasteiger partial charge on any atom is 0.413 e. The van der Waals surface area contributed by atoms with Crippen LogP contribution in [0.15, 0.2) is 42.5 Å².